The fourth-order valence-electron chi connectivity index (χ4n) is 1.87. The van der Waals surface area contributed by atoms with Crippen LogP contribution in [0.25, 0.3) is 5.82 Å². The summed E-state index contributed by atoms with van der Waals surface area (Å²) >= 11 is 0. The van der Waals surface area contributed by atoms with Crippen LogP contribution in [0.15, 0.2) is 35.4 Å². The summed E-state index contributed by atoms with van der Waals surface area (Å²) in [5, 5.41) is 2.35. The maximum Gasteiger partial charge on any atom is 0.412 e. The number of rotatable bonds is 3. The molecule has 1 amide bonds. The highest BCUT2D eigenvalue weighted by molar-refractivity contribution is 5.84. The average molecular weight is 335 g/mol. The molecule has 0 saturated carbocycles. The van der Waals surface area contributed by atoms with Gasteiger partial charge in [-0.25, -0.2) is 14.2 Å². The lowest BCUT2D eigenvalue weighted by Crippen LogP contribution is -2.30. The quantitative estimate of drug-likeness (QED) is 0.932. The first-order valence-corrected chi connectivity index (χ1v) is 7.13. The van der Waals surface area contributed by atoms with Gasteiger partial charge >= 0.3 is 6.09 Å². The monoisotopic (exact) mass is 335 g/mol. The van der Waals surface area contributed by atoms with E-state index in [1.165, 1.54) is 31.6 Å². The van der Waals surface area contributed by atoms with Crippen LogP contribution in [0.2, 0.25) is 0 Å². The van der Waals surface area contributed by atoms with Crippen LogP contribution in [0.4, 0.5) is 14.9 Å². The molecule has 1 N–H and O–H groups in total. The Kier molecular flexibility index (Phi) is 4.87. The molecule has 0 aliphatic rings. The highest BCUT2D eigenvalue weighted by Crippen LogP contribution is 2.16. The lowest BCUT2D eigenvalue weighted by Gasteiger charge is -2.19. The Labute approximate surface area is 138 Å². The minimum Gasteiger partial charge on any atom is -0.495 e. The Balaban J connectivity index is 2.35. The SMILES string of the molecule is COc1cnc(-n2cccc(NC(=O)OC(C)(C)C)c2=O)c(F)c1. The molecule has 128 valence electrons. The normalized spacial score (nSPS) is 11.0. The number of ether oxygens (including phenoxy) is 2. The Morgan fingerprint density at radius 3 is 2.67 bits per heavy atom. The third kappa shape index (κ3) is 4.09. The number of halogens is 1. The van der Waals surface area contributed by atoms with Gasteiger partial charge in [-0.1, -0.05) is 0 Å². The molecule has 0 fully saturated rings. The molecule has 0 spiro atoms. The maximum atomic E-state index is 14.1. The van der Waals surface area contributed by atoms with Gasteiger partial charge in [0.1, 0.15) is 17.0 Å². The first-order valence-electron chi connectivity index (χ1n) is 7.13. The molecule has 2 heterocycles. The molecule has 0 atom stereocenters. The molecule has 2 aromatic rings. The summed E-state index contributed by atoms with van der Waals surface area (Å²) < 4.78 is 25.1. The summed E-state index contributed by atoms with van der Waals surface area (Å²) in [6.07, 6.45) is 1.86. The summed E-state index contributed by atoms with van der Waals surface area (Å²) in [5.74, 6) is -0.702. The number of nitrogens with one attached hydrogen (secondary N) is 1. The van der Waals surface area contributed by atoms with Crippen molar-refractivity contribution in [2.24, 2.45) is 0 Å². The van der Waals surface area contributed by atoms with Crippen molar-refractivity contribution in [3.63, 3.8) is 0 Å². The zero-order chi connectivity index (χ0) is 17.9. The summed E-state index contributed by atoms with van der Waals surface area (Å²) in [6.45, 7) is 5.10. The summed E-state index contributed by atoms with van der Waals surface area (Å²) in [4.78, 5) is 28.1. The minimum absolute atomic E-state index is 0.0521. The number of carbonyl (C=O) groups is 1. The highest BCUT2D eigenvalue weighted by Gasteiger charge is 2.18. The summed E-state index contributed by atoms with van der Waals surface area (Å²) in [7, 11) is 1.38. The predicted octanol–water partition coefficient (Wildman–Crippen LogP) is 2.73. The van der Waals surface area contributed by atoms with E-state index in [0.29, 0.717) is 0 Å². The van der Waals surface area contributed by atoms with Crippen LogP contribution in [-0.4, -0.2) is 28.4 Å². The van der Waals surface area contributed by atoms with Crippen LogP contribution < -0.4 is 15.6 Å². The molecule has 2 aromatic heterocycles. The Hall–Kier alpha value is -2.90. The fraction of sp³-hybridized carbons (Fsp3) is 0.312. The zero-order valence-corrected chi connectivity index (χ0v) is 13.8. The molecule has 2 rings (SSSR count). The second-order valence-electron chi connectivity index (χ2n) is 5.90. The smallest absolute Gasteiger partial charge is 0.412 e. The molecule has 0 bridgehead atoms. The fourth-order valence-corrected chi connectivity index (χ4v) is 1.87. The number of hydrogen-bond acceptors (Lipinski definition) is 5. The van der Waals surface area contributed by atoms with Gasteiger partial charge in [0.2, 0.25) is 0 Å². The molecule has 0 aromatic carbocycles. The molecule has 0 radical (unpaired) electrons. The molecule has 0 saturated heterocycles. The maximum absolute atomic E-state index is 14.1. The largest absolute Gasteiger partial charge is 0.495 e. The number of hydrogen-bond donors (Lipinski definition) is 1. The number of carbonyl (C=O) groups excluding carboxylic acids is 1. The lowest BCUT2D eigenvalue weighted by atomic mass is 10.2. The van der Waals surface area contributed by atoms with E-state index < -0.39 is 23.1 Å². The van der Waals surface area contributed by atoms with E-state index in [2.05, 4.69) is 10.3 Å². The third-order valence-corrected chi connectivity index (χ3v) is 2.84. The van der Waals surface area contributed by atoms with Gasteiger partial charge in [0.05, 0.1) is 13.3 Å². The van der Waals surface area contributed by atoms with E-state index in [0.717, 1.165) is 10.6 Å². The molecular weight excluding hydrogens is 317 g/mol. The third-order valence-electron chi connectivity index (χ3n) is 2.84. The van der Waals surface area contributed by atoms with Crippen molar-refractivity contribution in [2.45, 2.75) is 26.4 Å². The van der Waals surface area contributed by atoms with E-state index in [1.807, 2.05) is 0 Å². The Bertz CT molecular complexity index is 812. The van der Waals surface area contributed by atoms with E-state index in [1.54, 1.807) is 20.8 Å². The van der Waals surface area contributed by atoms with Crippen molar-refractivity contribution in [1.82, 2.24) is 9.55 Å². The van der Waals surface area contributed by atoms with Gasteiger partial charge in [0, 0.05) is 12.3 Å². The number of anilines is 1. The second kappa shape index (κ2) is 6.69. The van der Waals surface area contributed by atoms with Crippen LogP contribution in [-0.2, 0) is 4.74 Å². The summed E-state index contributed by atoms with van der Waals surface area (Å²) in [6, 6.07) is 3.99. The topological polar surface area (TPSA) is 82.4 Å². The number of methoxy groups -OCH3 is 1. The van der Waals surface area contributed by atoms with Gasteiger partial charge in [0.25, 0.3) is 5.56 Å². The van der Waals surface area contributed by atoms with Gasteiger partial charge in [-0.15, -0.1) is 0 Å². The minimum atomic E-state index is -0.777. The van der Waals surface area contributed by atoms with Crippen LogP contribution in [0.5, 0.6) is 5.75 Å². The summed E-state index contributed by atoms with van der Waals surface area (Å²) in [5.41, 5.74) is -1.40. The van der Waals surface area contributed by atoms with Gasteiger partial charge in [0.15, 0.2) is 11.6 Å². The van der Waals surface area contributed by atoms with Crippen molar-refractivity contribution in [1.29, 1.82) is 0 Å². The van der Waals surface area contributed by atoms with E-state index in [-0.39, 0.29) is 17.3 Å². The van der Waals surface area contributed by atoms with Crippen molar-refractivity contribution in [3.05, 3.63) is 46.8 Å². The Morgan fingerprint density at radius 2 is 2.08 bits per heavy atom. The average Bonchev–Trinajstić information content (AvgIpc) is 2.48. The van der Waals surface area contributed by atoms with Crippen molar-refractivity contribution in [3.8, 4) is 11.6 Å². The molecule has 0 aliphatic carbocycles. The van der Waals surface area contributed by atoms with E-state index in [4.69, 9.17) is 9.47 Å². The first-order chi connectivity index (χ1) is 11.2. The van der Waals surface area contributed by atoms with Crippen LogP contribution in [0.1, 0.15) is 20.8 Å². The standard InChI is InChI=1S/C16H18FN3O4/c1-16(2,3)24-15(22)19-12-6-5-7-20(14(12)21)13-11(17)8-10(23-4)9-18-13/h5-9H,1-4H3,(H,19,22). The number of amides is 1. The van der Waals surface area contributed by atoms with Crippen molar-refractivity contribution < 1.29 is 18.7 Å². The van der Waals surface area contributed by atoms with Crippen LogP contribution in [0, 0.1) is 5.82 Å². The van der Waals surface area contributed by atoms with Crippen LogP contribution in [0.3, 0.4) is 0 Å². The predicted molar refractivity (Wildman–Crippen MR) is 86.2 cm³/mol. The van der Waals surface area contributed by atoms with Gasteiger partial charge in [-0.05, 0) is 32.9 Å². The molecule has 24 heavy (non-hydrogen) atoms. The lowest BCUT2D eigenvalue weighted by molar-refractivity contribution is 0.0635. The molecule has 7 nitrogen and oxygen atoms in total. The van der Waals surface area contributed by atoms with E-state index in [9.17, 15) is 14.0 Å². The van der Waals surface area contributed by atoms with Crippen molar-refractivity contribution >= 4 is 11.8 Å². The zero-order valence-electron chi connectivity index (χ0n) is 13.8. The van der Waals surface area contributed by atoms with Gasteiger partial charge < -0.3 is 9.47 Å². The molecular formula is C16H18FN3O4. The molecule has 0 unspecified atom stereocenters. The Morgan fingerprint density at radius 1 is 1.38 bits per heavy atom. The molecule has 0 aliphatic heterocycles. The first kappa shape index (κ1) is 17.5. The number of aromatic nitrogens is 2. The highest BCUT2D eigenvalue weighted by atomic mass is 19.1. The van der Waals surface area contributed by atoms with Gasteiger partial charge in [-0.2, -0.15) is 0 Å². The molecule has 8 heteroatoms. The van der Waals surface area contributed by atoms with Crippen molar-refractivity contribution in [2.75, 3.05) is 12.4 Å². The second-order valence-corrected chi connectivity index (χ2v) is 5.90. The van der Waals surface area contributed by atoms with Crippen LogP contribution >= 0.6 is 0 Å². The van der Waals surface area contributed by atoms with Gasteiger partial charge in [-0.3, -0.25) is 14.7 Å². The van der Waals surface area contributed by atoms with E-state index >= 15 is 0 Å². The number of pyridine rings is 2. The number of nitrogens with zero attached hydrogens (tertiary/aromatic N) is 2.